The molecule has 0 spiro atoms. The van der Waals surface area contributed by atoms with Crippen LogP contribution < -0.4 is 5.32 Å². The summed E-state index contributed by atoms with van der Waals surface area (Å²) < 4.78 is 10.7. The maximum Gasteiger partial charge on any atom is 0.338 e. The smallest absolute Gasteiger partial charge is 0.338 e. The lowest BCUT2D eigenvalue weighted by molar-refractivity contribution is 0.0363. The molecular formula is C18H28N2O3. The Morgan fingerprint density at radius 1 is 1.26 bits per heavy atom. The molecule has 128 valence electrons. The van der Waals surface area contributed by atoms with Crippen molar-refractivity contribution in [2.24, 2.45) is 0 Å². The molecule has 1 aromatic carbocycles. The van der Waals surface area contributed by atoms with Crippen molar-refractivity contribution in [3.8, 4) is 0 Å². The van der Waals surface area contributed by atoms with Crippen LogP contribution in [0.5, 0.6) is 0 Å². The first kappa shape index (κ1) is 17.8. The Morgan fingerprint density at radius 2 is 2.04 bits per heavy atom. The monoisotopic (exact) mass is 320 g/mol. The Morgan fingerprint density at radius 3 is 2.74 bits per heavy atom. The predicted molar refractivity (Wildman–Crippen MR) is 92.1 cm³/mol. The van der Waals surface area contributed by atoms with E-state index in [1.54, 1.807) is 6.07 Å². The number of anilines is 1. The van der Waals surface area contributed by atoms with E-state index in [0.29, 0.717) is 12.2 Å². The van der Waals surface area contributed by atoms with E-state index < -0.39 is 0 Å². The van der Waals surface area contributed by atoms with Crippen molar-refractivity contribution in [2.45, 2.75) is 26.2 Å². The lowest BCUT2D eigenvalue weighted by Gasteiger charge is -2.26. The van der Waals surface area contributed by atoms with Crippen molar-refractivity contribution in [3.05, 3.63) is 29.3 Å². The van der Waals surface area contributed by atoms with Crippen LogP contribution >= 0.6 is 0 Å². The molecular weight excluding hydrogens is 292 g/mol. The summed E-state index contributed by atoms with van der Waals surface area (Å²) in [5, 5.41) is 3.09. The minimum atomic E-state index is -0.232. The summed E-state index contributed by atoms with van der Waals surface area (Å²) in [4.78, 5) is 14.4. The van der Waals surface area contributed by atoms with Crippen molar-refractivity contribution in [3.63, 3.8) is 0 Å². The molecule has 0 bridgehead atoms. The third-order valence-electron chi connectivity index (χ3n) is 4.19. The fourth-order valence-corrected chi connectivity index (χ4v) is 2.76. The van der Waals surface area contributed by atoms with Gasteiger partial charge in [0, 0.05) is 25.8 Å². The fourth-order valence-electron chi connectivity index (χ4n) is 2.76. The van der Waals surface area contributed by atoms with Crippen LogP contribution in [0.2, 0.25) is 0 Å². The highest BCUT2D eigenvalue weighted by atomic mass is 16.5. The number of benzene rings is 1. The largest absolute Gasteiger partial charge is 0.462 e. The maximum atomic E-state index is 12.0. The summed E-state index contributed by atoms with van der Waals surface area (Å²) in [7, 11) is 1.87. The van der Waals surface area contributed by atoms with Gasteiger partial charge in [-0.3, -0.25) is 4.90 Å². The first-order valence-corrected chi connectivity index (χ1v) is 8.46. The molecule has 0 aromatic heterocycles. The summed E-state index contributed by atoms with van der Waals surface area (Å²) in [6.07, 6.45) is 3.15. The number of unbranched alkanes of at least 4 members (excludes halogenated alkanes) is 2. The summed E-state index contributed by atoms with van der Waals surface area (Å²) in [5.74, 6) is -0.232. The number of nitrogens with zero attached hydrogens (tertiary/aromatic N) is 1. The number of hydrogen-bond donors (Lipinski definition) is 1. The first-order chi connectivity index (χ1) is 11.2. The summed E-state index contributed by atoms with van der Waals surface area (Å²) in [5.41, 5.74) is 2.70. The number of esters is 1. The summed E-state index contributed by atoms with van der Waals surface area (Å²) in [6.45, 7) is 7.37. The molecule has 0 saturated carbocycles. The van der Waals surface area contributed by atoms with Gasteiger partial charge in [-0.2, -0.15) is 0 Å². The van der Waals surface area contributed by atoms with Gasteiger partial charge >= 0.3 is 5.97 Å². The Hall–Kier alpha value is -1.59. The van der Waals surface area contributed by atoms with Gasteiger partial charge in [0.15, 0.2) is 0 Å². The molecule has 0 atom stereocenters. The van der Waals surface area contributed by atoms with Crippen LogP contribution in [0.15, 0.2) is 18.2 Å². The van der Waals surface area contributed by atoms with Gasteiger partial charge < -0.3 is 14.8 Å². The number of hydrogen-bond acceptors (Lipinski definition) is 5. The van der Waals surface area contributed by atoms with Gasteiger partial charge in [0.25, 0.3) is 0 Å². The Balaban J connectivity index is 1.60. The number of ether oxygens (including phenoxy) is 2. The number of carbonyl (C=O) groups is 1. The molecule has 0 radical (unpaired) electrons. The Kier molecular flexibility index (Phi) is 7.36. The molecule has 5 heteroatoms. The molecule has 1 saturated heterocycles. The molecule has 0 aliphatic carbocycles. The summed E-state index contributed by atoms with van der Waals surface area (Å²) in [6, 6.07) is 5.58. The Bertz CT molecular complexity index is 499. The van der Waals surface area contributed by atoms with Crippen molar-refractivity contribution in [1.29, 1.82) is 0 Å². The van der Waals surface area contributed by atoms with Gasteiger partial charge in [0.1, 0.15) is 0 Å². The first-order valence-electron chi connectivity index (χ1n) is 8.46. The van der Waals surface area contributed by atoms with Crippen molar-refractivity contribution < 1.29 is 14.3 Å². The van der Waals surface area contributed by atoms with E-state index in [0.717, 1.165) is 63.4 Å². The van der Waals surface area contributed by atoms with E-state index >= 15 is 0 Å². The van der Waals surface area contributed by atoms with E-state index in [2.05, 4.69) is 10.2 Å². The predicted octanol–water partition coefficient (Wildman–Crippen LogP) is 2.70. The average molecular weight is 320 g/mol. The topological polar surface area (TPSA) is 50.8 Å². The quantitative estimate of drug-likeness (QED) is 0.589. The molecule has 1 heterocycles. The molecule has 1 aliphatic rings. The van der Waals surface area contributed by atoms with Crippen LogP contribution in [0.1, 0.15) is 35.2 Å². The lowest BCUT2D eigenvalue weighted by atomic mass is 10.1. The second-order valence-corrected chi connectivity index (χ2v) is 5.93. The van der Waals surface area contributed by atoms with Crippen molar-refractivity contribution in [2.75, 3.05) is 51.8 Å². The minimum absolute atomic E-state index is 0.232. The SMILES string of the molecule is CNc1ccc(C(=O)OCCCCCN2CCOCC2)cc1C. The van der Waals surface area contributed by atoms with E-state index in [9.17, 15) is 4.79 Å². The lowest BCUT2D eigenvalue weighted by Crippen LogP contribution is -2.36. The van der Waals surface area contributed by atoms with Gasteiger partial charge in [-0.05, 0) is 56.5 Å². The average Bonchev–Trinajstić information content (AvgIpc) is 2.58. The van der Waals surface area contributed by atoms with Crippen LogP contribution in [-0.4, -0.2) is 57.4 Å². The van der Waals surface area contributed by atoms with Crippen molar-refractivity contribution in [1.82, 2.24) is 4.90 Å². The standard InChI is InChI=1S/C18H28N2O3/c1-15-14-16(6-7-17(15)19-2)18(21)23-11-5-3-4-8-20-9-12-22-13-10-20/h6-7,14,19H,3-5,8-13H2,1-2H3. The molecule has 5 nitrogen and oxygen atoms in total. The third-order valence-corrected chi connectivity index (χ3v) is 4.19. The highest BCUT2D eigenvalue weighted by molar-refractivity contribution is 5.90. The summed E-state index contributed by atoms with van der Waals surface area (Å²) >= 11 is 0. The van der Waals surface area contributed by atoms with Gasteiger partial charge in [0.2, 0.25) is 0 Å². The molecule has 1 aliphatic heterocycles. The third kappa shape index (κ3) is 5.84. The molecule has 23 heavy (non-hydrogen) atoms. The van der Waals surface area contributed by atoms with Crippen molar-refractivity contribution >= 4 is 11.7 Å². The normalized spacial score (nSPS) is 15.4. The van der Waals surface area contributed by atoms with Gasteiger partial charge in [-0.1, -0.05) is 0 Å². The van der Waals surface area contributed by atoms with Crippen LogP contribution in [0, 0.1) is 6.92 Å². The van der Waals surface area contributed by atoms with E-state index in [-0.39, 0.29) is 5.97 Å². The maximum absolute atomic E-state index is 12.0. The highest BCUT2D eigenvalue weighted by Crippen LogP contribution is 2.16. The molecule has 0 unspecified atom stereocenters. The zero-order chi connectivity index (χ0) is 16.5. The van der Waals surface area contributed by atoms with Crippen LogP contribution in [-0.2, 0) is 9.47 Å². The number of aryl methyl sites for hydroxylation is 1. The zero-order valence-corrected chi connectivity index (χ0v) is 14.3. The van der Waals surface area contributed by atoms with E-state index in [1.807, 2.05) is 26.1 Å². The Labute approximate surface area is 139 Å². The highest BCUT2D eigenvalue weighted by Gasteiger charge is 2.10. The second kappa shape index (κ2) is 9.53. The molecule has 2 rings (SSSR count). The minimum Gasteiger partial charge on any atom is -0.462 e. The number of carbonyl (C=O) groups excluding carboxylic acids is 1. The second-order valence-electron chi connectivity index (χ2n) is 5.93. The van der Waals surface area contributed by atoms with E-state index in [4.69, 9.17) is 9.47 Å². The van der Waals surface area contributed by atoms with Crippen LogP contribution in [0.4, 0.5) is 5.69 Å². The zero-order valence-electron chi connectivity index (χ0n) is 14.3. The molecule has 0 amide bonds. The molecule has 1 fully saturated rings. The fraction of sp³-hybridized carbons (Fsp3) is 0.611. The van der Waals surface area contributed by atoms with Crippen LogP contribution in [0.3, 0.4) is 0 Å². The van der Waals surface area contributed by atoms with Gasteiger partial charge in [0.05, 0.1) is 25.4 Å². The number of rotatable bonds is 8. The van der Waals surface area contributed by atoms with Gasteiger partial charge in [-0.25, -0.2) is 4.79 Å². The molecule has 1 N–H and O–H groups in total. The van der Waals surface area contributed by atoms with E-state index in [1.165, 1.54) is 0 Å². The van der Waals surface area contributed by atoms with Gasteiger partial charge in [-0.15, -0.1) is 0 Å². The molecule has 1 aromatic rings. The number of morpholine rings is 1. The number of nitrogens with one attached hydrogen (secondary N) is 1. The van der Waals surface area contributed by atoms with Crippen LogP contribution in [0.25, 0.3) is 0 Å².